The first kappa shape index (κ1) is 43.1. The number of nitrogens with zero attached hydrogens (tertiary/aromatic N) is 7. The van der Waals surface area contributed by atoms with E-state index in [9.17, 15) is 0 Å². The molecule has 14 rings (SSSR count). The molecule has 0 saturated heterocycles. The average molecular weight is 964 g/mol. The third-order valence-corrected chi connectivity index (χ3v) is 14.9. The van der Waals surface area contributed by atoms with Gasteiger partial charge in [-0.2, -0.15) is 0 Å². The van der Waals surface area contributed by atoms with E-state index in [1.807, 2.05) is 97.1 Å². The second kappa shape index (κ2) is 18.1. The molecule has 0 fully saturated rings. The molecule has 0 amide bonds. The summed E-state index contributed by atoms with van der Waals surface area (Å²) in [5.41, 5.74) is 13.3. The zero-order valence-corrected chi connectivity index (χ0v) is 40.5. The SMILES string of the molecule is c1ccc(-c2nc(-c3ccccc3)nc(-c3ccccc3-c3ccc4c(c3)c3cc(-c5ccc6sc7cccc(-c8nc(-c9ccccc9)nc(-c9ccccc9)n8)c7c6c5)ccc3n4-c3ccccc3)n2)cc1. The van der Waals surface area contributed by atoms with E-state index in [0.717, 1.165) is 93.9 Å². The van der Waals surface area contributed by atoms with Gasteiger partial charge in [-0.3, -0.25) is 0 Å². The first-order valence-corrected chi connectivity index (χ1v) is 25.4. The van der Waals surface area contributed by atoms with Crippen LogP contribution < -0.4 is 0 Å². The highest BCUT2D eigenvalue weighted by Crippen LogP contribution is 2.44. The Balaban J connectivity index is 0.926. The first-order valence-electron chi connectivity index (χ1n) is 24.6. The van der Waals surface area contributed by atoms with Gasteiger partial charge in [0, 0.05) is 70.0 Å². The molecular weight excluding hydrogens is 923 g/mol. The van der Waals surface area contributed by atoms with Gasteiger partial charge in [-0.1, -0.05) is 194 Å². The minimum Gasteiger partial charge on any atom is -0.309 e. The fraction of sp³-hybridized carbons (Fsp3) is 0. The maximum atomic E-state index is 5.16. The van der Waals surface area contributed by atoms with Crippen LogP contribution in [0.25, 0.3) is 138 Å². The number of para-hydroxylation sites is 1. The van der Waals surface area contributed by atoms with E-state index in [2.05, 4.69) is 156 Å². The Kier molecular flexibility index (Phi) is 10.6. The maximum absolute atomic E-state index is 5.16. The molecule has 0 spiro atoms. The van der Waals surface area contributed by atoms with Crippen molar-refractivity contribution in [2.24, 2.45) is 0 Å². The van der Waals surface area contributed by atoms with Crippen LogP contribution in [0.4, 0.5) is 0 Å². The molecule has 14 aromatic rings. The van der Waals surface area contributed by atoms with Gasteiger partial charge in [0.1, 0.15) is 0 Å². The topological polar surface area (TPSA) is 82.3 Å². The first-order chi connectivity index (χ1) is 36.7. The van der Waals surface area contributed by atoms with E-state index >= 15 is 0 Å². The smallest absolute Gasteiger partial charge is 0.164 e. The summed E-state index contributed by atoms with van der Waals surface area (Å²) in [6.07, 6.45) is 0. The average Bonchev–Trinajstić information content (AvgIpc) is 4.03. The number of rotatable bonds is 9. The second-order valence-electron chi connectivity index (χ2n) is 18.2. The number of hydrogen-bond donors (Lipinski definition) is 0. The lowest BCUT2D eigenvalue weighted by atomic mass is 9.96. The van der Waals surface area contributed by atoms with Crippen LogP contribution in [0.2, 0.25) is 0 Å². The molecule has 4 heterocycles. The van der Waals surface area contributed by atoms with Crippen LogP contribution in [0.5, 0.6) is 0 Å². The van der Waals surface area contributed by atoms with Crippen LogP contribution in [-0.2, 0) is 0 Å². The lowest BCUT2D eigenvalue weighted by Crippen LogP contribution is -2.01. The molecule has 0 aliphatic carbocycles. The molecule has 0 aliphatic rings. The van der Waals surface area contributed by atoms with Crippen LogP contribution in [0, 0.1) is 0 Å². The molecular formula is C66H41N7S. The predicted molar refractivity (Wildman–Crippen MR) is 304 cm³/mol. The van der Waals surface area contributed by atoms with Gasteiger partial charge in [0.15, 0.2) is 34.9 Å². The Labute approximate surface area is 430 Å². The molecule has 10 aromatic carbocycles. The number of aromatic nitrogens is 7. The van der Waals surface area contributed by atoms with E-state index in [0.29, 0.717) is 34.9 Å². The molecule has 0 N–H and O–H groups in total. The van der Waals surface area contributed by atoms with E-state index in [-0.39, 0.29) is 0 Å². The summed E-state index contributed by atoms with van der Waals surface area (Å²) >= 11 is 1.79. The van der Waals surface area contributed by atoms with Gasteiger partial charge < -0.3 is 4.57 Å². The lowest BCUT2D eigenvalue weighted by molar-refractivity contribution is 1.07. The van der Waals surface area contributed by atoms with Crippen molar-refractivity contribution in [2.45, 2.75) is 0 Å². The van der Waals surface area contributed by atoms with Gasteiger partial charge in [0.2, 0.25) is 0 Å². The Bertz CT molecular complexity index is 4290. The van der Waals surface area contributed by atoms with Gasteiger partial charge in [-0.25, -0.2) is 29.9 Å². The number of benzene rings is 10. The molecule has 0 unspecified atom stereocenters. The van der Waals surface area contributed by atoms with Crippen LogP contribution in [0.15, 0.2) is 249 Å². The summed E-state index contributed by atoms with van der Waals surface area (Å²) in [6, 6.07) is 86.6. The fourth-order valence-corrected chi connectivity index (χ4v) is 11.3. The Hall–Kier alpha value is -9.76. The number of fused-ring (bicyclic) bond motifs is 6. The molecule has 7 nitrogen and oxygen atoms in total. The van der Waals surface area contributed by atoms with Gasteiger partial charge in [0.05, 0.1) is 11.0 Å². The highest BCUT2D eigenvalue weighted by atomic mass is 32.1. The van der Waals surface area contributed by atoms with Crippen LogP contribution in [-0.4, -0.2) is 34.5 Å². The Morgan fingerprint density at radius 3 is 1.18 bits per heavy atom. The van der Waals surface area contributed by atoms with Gasteiger partial charge in [0.25, 0.3) is 0 Å². The summed E-state index contributed by atoms with van der Waals surface area (Å²) in [4.78, 5) is 30.6. The lowest BCUT2D eigenvalue weighted by Gasteiger charge is -2.12. The second-order valence-corrected chi connectivity index (χ2v) is 19.3. The standard InChI is InChI=1S/C66H41N7S/c1-6-19-42(20-7-1)61-67-62(43-21-8-2-9-22-43)70-65(69-61)51-30-17-16-29-50(51)48-34-37-57-54(41-48)53-39-46(33-36-56(53)73(57)49-27-14-5-15-28-49)47-35-38-58-55(40-47)60-52(31-18-32-59(60)74-58)66-71-63(44-23-10-3-11-24-44)68-64(72-66)45-25-12-4-13-26-45/h1-41H. The minimum absolute atomic E-state index is 0.616. The molecule has 8 heteroatoms. The van der Waals surface area contributed by atoms with Crippen LogP contribution in [0.1, 0.15) is 0 Å². The van der Waals surface area contributed by atoms with E-state index in [1.165, 1.54) is 9.40 Å². The van der Waals surface area contributed by atoms with E-state index in [1.54, 1.807) is 11.3 Å². The highest BCUT2D eigenvalue weighted by Gasteiger charge is 2.21. The van der Waals surface area contributed by atoms with Crippen molar-refractivity contribution in [1.82, 2.24) is 34.5 Å². The minimum atomic E-state index is 0.616. The molecule has 74 heavy (non-hydrogen) atoms. The maximum Gasteiger partial charge on any atom is 0.164 e. The zero-order valence-electron chi connectivity index (χ0n) is 39.7. The van der Waals surface area contributed by atoms with E-state index in [4.69, 9.17) is 29.9 Å². The van der Waals surface area contributed by atoms with E-state index < -0.39 is 0 Å². The summed E-state index contributed by atoms with van der Waals surface area (Å²) < 4.78 is 4.75. The summed E-state index contributed by atoms with van der Waals surface area (Å²) in [7, 11) is 0. The van der Waals surface area contributed by atoms with Crippen LogP contribution >= 0.6 is 11.3 Å². The summed E-state index contributed by atoms with van der Waals surface area (Å²) in [6.45, 7) is 0. The van der Waals surface area contributed by atoms with Gasteiger partial charge >= 0.3 is 0 Å². The number of hydrogen-bond acceptors (Lipinski definition) is 7. The van der Waals surface area contributed by atoms with Crippen molar-refractivity contribution in [2.75, 3.05) is 0 Å². The molecule has 0 atom stereocenters. The zero-order chi connectivity index (χ0) is 49.0. The third kappa shape index (κ3) is 7.69. The van der Waals surface area contributed by atoms with Crippen molar-refractivity contribution in [3.05, 3.63) is 249 Å². The number of thiophene rings is 1. The normalized spacial score (nSPS) is 11.5. The molecule has 0 saturated carbocycles. The molecule has 0 bridgehead atoms. The molecule has 346 valence electrons. The van der Waals surface area contributed by atoms with Crippen molar-refractivity contribution < 1.29 is 0 Å². The highest BCUT2D eigenvalue weighted by molar-refractivity contribution is 7.26. The Morgan fingerprint density at radius 1 is 0.257 bits per heavy atom. The van der Waals surface area contributed by atoms with Crippen molar-refractivity contribution in [3.63, 3.8) is 0 Å². The molecule has 0 radical (unpaired) electrons. The largest absolute Gasteiger partial charge is 0.309 e. The third-order valence-electron chi connectivity index (χ3n) is 13.7. The van der Waals surface area contributed by atoms with Gasteiger partial charge in [-0.05, 0) is 76.9 Å². The van der Waals surface area contributed by atoms with Crippen molar-refractivity contribution >= 4 is 53.3 Å². The van der Waals surface area contributed by atoms with Gasteiger partial charge in [-0.15, -0.1) is 11.3 Å². The monoisotopic (exact) mass is 963 g/mol. The fourth-order valence-electron chi connectivity index (χ4n) is 10.2. The molecule has 4 aromatic heterocycles. The van der Waals surface area contributed by atoms with Crippen LogP contribution in [0.3, 0.4) is 0 Å². The predicted octanol–water partition coefficient (Wildman–Crippen LogP) is 16.9. The quantitative estimate of drug-likeness (QED) is 0.143. The Morgan fingerprint density at radius 2 is 0.649 bits per heavy atom. The molecule has 0 aliphatic heterocycles. The van der Waals surface area contributed by atoms with Crippen molar-refractivity contribution in [3.8, 4) is 96.3 Å². The summed E-state index contributed by atoms with van der Waals surface area (Å²) in [5.74, 6) is 3.80. The van der Waals surface area contributed by atoms with Crippen molar-refractivity contribution in [1.29, 1.82) is 0 Å². The summed E-state index contributed by atoms with van der Waals surface area (Å²) in [5, 5.41) is 4.59.